The number of aromatic nitrogens is 1. The summed E-state index contributed by atoms with van der Waals surface area (Å²) in [5, 5.41) is 3.22. The van der Waals surface area contributed by atoms with Gasteiger partial charge in [0, 0.05) is 38.4 Å². The molecule has 0 saturated carbocycles. The van der Waals surface area contributed by atoms with E-state index in [1.807, 2.05) is 19.3 Å². The van der Waals surface area contributed by atoms with Crippen LogP contribution in [0.1, 0.15) is 19.8 Å². The van der Waals surface area contributed by atoms with Crippen molar-refractivity contribution in [3.05, 3.63) is 24.4 Å². The second kappa shape index (κ2) is 7.46. The zero-order valence-electron chi connectivity index (χ0n) is 12.2. The highest BCUT2D eigenvalue weighted by molar-refractivity contribution is 5.38. The maximum absolute atomic E-state index is 4.43. The van der Waals surface area contributed by atoms with Crippen LogP contribution in [-0.2, 0) is 0 Å². The van der Waals surface area contributed by atoms with Gasteiger partial charge in [0.2, 0.25) is 0 Å². The molecule has 1 aromatic rings. The van der Waals surface area contributed by atoms with E-state index in [-0.39, 0.29) is 0 Å². The van der Waals surface area contributed by atoms with Gasteiger partial charge in [0.15, 0.2) is 0 Å². The van der Waals surface area contributed by atoms with Crippen LogP contribution in [0.15, 0.2) is 24.4 Å². The minimum Gasteiger partial charge on any atom is -0.354 e. The highest BCUT2D eigenvalue weighted by Gasteiger charge is 2.21. The first-order valence-corrected chi connectivity index (χ1v) is 7.36. The lowest BCUT2D eigenvalue weighted by Gasteiger charge is -2.38. The third-order valence-corrected chi connectivity index (χ3v) is 3.96. The molecule has 19 heavy (non-hydrogen) atoms. The lowest BCUT2D eigenvalue weighted by molar-refractivity contribution is 0.186. The summed E-state index contributed by atoms with van der Waals surface area (Å²) in [6.45, 7) is 7.96. The Bertz CT molecular complexity index is 346. The number of pyridine rings is 1. The Labute approximate surface area is 116 Å². The Morgan fingerprint density at radius 1 is 1.26 bits per heavy atom. The molecule has 4 heteroatoms. The fraction of sp³-hybridized carbons (Fsp3) is 0.667. The van der Waals surface area contributed by atoms with Crippen molar-refractivity contribution in [2.24, 2.45) is 0 Å². The van der Waals surface area contributed by atoms with E-state index < -0.39 is 0 Å². The largest absolute Gasteiger partial charge is 0.354 e. The van der Waals surface area contributed by atoms with Gasteiger partial charge in [0.1, 0.15) is 5.82 Å². The number of hydrogen-bond donors (Lipinski definition) is 1. The molecule has 0 spiro atoms. The highest BCUT2D eigenvalue weighted by atomic mass is 15.3. The first-order chi connectivity index (χ1) is 9.31. The topological polar surface area (TPSA) is 31.4 Å². The van der Waals surface area contributed by atoms with Crippen molar-refractivity contribution in [2.75, 3.05) is 44.7 Å². The molecule has 1 fully saturated rings. The van der Waals surface area contributed by atoms with E-state index in [9.17, 15) is 0 Å². The summed E-state index contributed by atoms with van der Waals surface area (Å²) in [4.78, 5) is 9.42. The lowest BCUT2D eigenvalue weighted by atomic mass is 10.1. The van der Waals surface area contributed by atoms with Crippen molar-refractivity contribution in [1.82, 2.24) is 15.2 Å². The normalized spacial score (nSPS) is 18.5. The van der Waals surface area contributed by atoms with Crippen LogP contribution in [0.3, 0.4) is 0 Å². The molecule has 4 nitrogen and oxygen atoms in total. The average Bonchev–Trinajstić information content (AvgIpc) is 2.48. The number of nitrogens with one attached hydrogen (secondary N) is 1. The number of anilines is 1. The van der Waals surface area contributed by atoms with Crippen LogP contribution in [0.4, 0.5) is 5.82 Å². The fourth-order valence-electron chi connectivity index (χ4n) is 2.69. The number of hydrogen-bond acceptors (Lipinski definition) is 4. The van der Waals surface area contributed by atoms with Gasteiger partial charge in [-0.05, 0) is 45.5 Å². The maximum atomic E-state index is 4.43. The van der Waals surface area contributed by atoms with Crippen molar-refractivity contribution >= 4 is 5.82 Å². The standard InChI is InChI=1S/C15H26N4/c1-14(6-5-8-16-2)18-10-12-19(13-11-18)15-7-3-4-9-17-15/h3-4,7,9,14,16H,5-6,8,10-13H2,1-2H3. The third kappa shape index (κ3) is 4.18. The maximum Gasteiger partial charge on any atom is 0.128 e. The van der Waals surface area contributed by atoms with E-state index in [0.717, 1.165) is 38.5 Å². The van der Waals surface area contributed by atoms with Gasteiger partial charge >= 0.3 is 0 Å². The predicted octanol–water partition coefficient (Wildman–Crippen LogP) is 1.59. The van der Waals surface area contributed by atoms with Gasteiger partial charge in [-0.1, -0.05) is 6.07 Å². The van der Waals surface area contributed by atoms with Crippen LogP contribution in [0.25, 0.3) is 0 Å². The molecule has 1 unspecified atom stereocenters. The molecule has 1 N–H and O–H groups in total. The molecule has 1 atom stereocenters. The molecule has 2 rings (SSSR count). The van der Waals surface area contributed by atoms with E-state index in [1.165, 1.54) is 12.8 Å². The summed E-state index contributed by atoms with van der Waals surface area (Å²) in [5.41, 5.74) is 0. The van der Waals surface area contributed by atoms with E-state index in [2.05, 4.69) is 39.2 Å². The molecule has 0 amide bonds. The van der Waals surface area contributed by atoms with Crippen LogP contribution in [0, 0.1) is 0 Å². The molecular formula is C15H26N4. The van der Waals surface area contributed by atoms with Gasteiger partial charge < -0.3 is 10.2 Å². The monoisotopic (exact) mass is 262 g/mol. The first-order valence-electron chi connectivity index (χ1n) is 7.36. The SMILES string of the molecule is CNCCCC(C)N1CCN(c2ccccn2)CC1. The van der Waals surface area contributed by atoms with Gasteiger partial charge in [-0.15, -0.1) is 0 Å². The van der Waals surface area contributed by atoms with E-state index in [1.54, 1.807) is 0 Å². The zero-order valence-corrected chi connectivity index (χ0v) is 12.2. The summed E-state index contributed by atoms with van der Waals surface area (Å²) in [6.07, 6.45) is 4.42. The second-order valence-electron chi connectivity index (χ2n) is 5.31. The summed E-state index contributed by atoms with van der Waals surface area (Å²) in [5.74, 6) is 1.12. The number of nitrogens with zero attached hydrogens (tertiary/aromatic N) is 3. The summed E-state index contributed by atoms with van der Waals surface area (Å²) in [7, 11) is 2.02. The second-order valence-corrected chi connectivity index (χ2v) is 5.31. The van der Waals surface area contributed by atoms with Crippen LogP contribution >= 0.6 is 0 Å². The Kier molecular flexibility index (Phi) is 5.61. The van der Waals surface area contributed by atoms with Gasteiger partial charge in [-0.25, -0.2) is 4.98 Å². The predicted molar refractivity (Wildman–Crippen MR) is 80.6 cm³/mol. The minimum atomic E-state index is 0.694. The Morgan fingerprint density at radius 2 is 2.05 bits per heavy atom. The molecule has 0 radical (unpaired) electrons. The van der Waals surface area contributed by atoms with Crippen LogP contribution in [0.2, 0.25) is 0 Å². The van der Waals surface area contributed by atoms with Crippen molar-refractivity contribution in [3.63, 3.8) is 0 Å². The Hall–Kier alpha value is -1.13. The van der Waals surface area contributed by atoms with Crippen LogP contribution < -0.4 is 10.2 Å². The number of piperazine rings is 1. The van der Waals surface area contributed by atoms with Crippen molar-refractivity contribution in [3.8, 4) is 0 Å². The summed E-state index contributed by atoms with van der Waals surface area (Å²) >= 11 is 0. The first kappa shape index (κ1) is 14.3. The van der Waals surface area contributed by atoms with Gasteiger partial charge in [0.25, 0.3) is 0 Å². The van der Waals surface area contributed by atoms with Gasteiger partial charge in [-0.3, -0.25) is 4.90 Å². The molecule has 1 aromatic heterocycles. The molecule has 2 heterocycles. The van der Waals surface area contributed by atoms with Crippen LogP contribution in [-0.4, -0.2) is 55.7 Å². The molecule has 1 aliphatic rings. The van der Waals surface area contributed by atoms with Crippen LogP contribution in [0.5, 0.6) is 0 Å². The molecule has 0 bridgehead atoms. The van der Waals surface area contributed by atoms with Gasteiger partial charge in [-0.2, -0.15) is 0 Å². The summed E-state index contributed by atoms with van der Waals surface area (Å²) < 4.78 is 0. The van der Waals surface area contributed by atoms with Crippen molar-refractivity contribution in [2.45, 2.75) is 25.8 Å². The van der Waals surface area contributed by atoms with E-state index in [0.29, 0.717) is 6.04 Å². The van der Waals surface area contributed by atoms with E-state index >= 15 is 0 Å². The van der Waals surface area contributed by atoms with E-state index in [4.69, 9.17) is 0 Å². The summed E-state index contributed by atoms with van der Waals surface area (Å²) in [6, 6.07) is 6.84. The molecule has 1 aliphatic heterocycles. The lowest BCUT2D eigenvalue weighted by Crippen LogP contribution is -2.49. The number of rotatable bonds is 6. The quantitative estimate of drug-likeness (QED) is 0.789. The van der Waals surface area contributed by atoms with Gasteiger partial charge in [0.05, 0.1) is 0 Å². The Morgan fingerprint density at radius 3 is 2.68 bits per heavy atom. The zero-order chi connectivity index (χ0) is 13.5. The molecule has 1 saturated heterocycles. The Balaban J connectivity index is 1.76. The molecular weight excluding hydrogens is 236 g/mol. The molecule has 0 aliphatic carbocycles. The average molecular weight is 262 g/mol. The third-order valence-electron chi connectivity index (χ3n) is 3.96. The molecule has 106 valence electrons. The van der Waals surface area contributed by atoms with Crippen molar-refractivity contribution < 1.29 is 0 Å². The highest BCUT2D eigenvalue weighted by Crippen LogP contribution is 2.15. The molecule has 0 aromatic carbocycles. The fourth-order valence-corrected chi connectivity index (χ4v) is 2.69. The minimum absolute atomic E-state index is 0.694. The smallest absolute Gasteiger partial charge is 0.128 e. The van der Waals surface area contributed by atoms with Crippen molar-refractivity contribution in [1.29, 1.82) is 0 Å².